The third kappa shape index (κ3) is 3.11. The van der Waals surface area contributed by atoms with E-state index in [4.69, 9.17) is 5.73 Å². The number of carbonyl (C=O) groups is 2. The molecule has 0 bridgehead atoms. The second kappa shape index (κ2) is 5.96. The molecule has 3 N–H and O–H groups in total. The van der Waals surface area contributed by atoms with E-state index in [0.717, 1.165) is 18.2 Å². The Morgan fingerprint density at radius 3 is 2.75 bits per heavy atom. The summed E-state index contributed by atoms with van der Waals surface area (Å²) in [6.45, 7) is 0.871. The monoisotopic (exact) mass is 283 g/mol. The lowest BCUT2D eigenvalue weighted by Gasteiger charge is -2.27. The summed E-state index contributed by atoms with van der Waals surface area (Å²) in [5, 5.41) is 3.04. The molecule has 1 saturated heterocycles. The molecule has 1 unspecified atom stereocenters. The lowest BCUT2D eigenvalue weighted by Crippen LogP contribution is -2.46. The molecule has 1 aliphatic heterocycles. The number of nitrogens with zero attached hydrogens (tertiary/aromatic N) is 1. The van der Waals surface area contributed by atoms with E-state index in [2.05, 4.69) is 5.32 Å². The highest BCUT2D eigenvalue weighted by molar-refractivity contribution is 5.96. The number of nitrogens with one attached hydrogen (secondary N) is 1. The van der Waals surface area contributed by atoms with Gasteiger partial charge in [0, 0.05) is 12.6 Å². The Balaban J connectivity index is 2.29. The predicted octanol–water partition coefficient (Wildman–Crippen LogP) is 0.254. The third-order valence-corrected chi connectivity index (χ3v) is 3.22. The van der Waals surface area contributed by atoms with E-state index in [9.17, 15) is 18.4 Å². The van der Waals surface area contributed by atoms with Crippen LogP contribution in [0.4, 0.5) is 8.78 Å². The van der Waals surface area contributed by atoms with Crippen molar-refractivity contribution in [3.05, 3.63) is 35.4 Å². The van der Waals surface area contributed by atoms with Gasteiger partial charge in [-0.3, -0.25) is 9.59 Å². The van der Waals surface area contributed by atoms with Gasteiger partial charge >= 0.3 is 0 Å². The quantitative estimate of drug-likeness (QED) is 0.832. The Morgan fingerprint density at radius 1 is 1.40 bits per heavy atom. The molecule has 0 spiro atoms. The average molecular weight is 283 g/mol. The van der Waals surface area contributed by atoms with E-state index in [0.29, 0.717) is 19.5 Å². The summed E-state index contributed by atoms with van der Waals surface area (Å²) in [5.74, 6) is -2.95. The molecule has 1 fully saturated rings. The van der Waals surface area contributed by atoms with Crippen molar-refractivity contribution < 1.29 is 18.4 Å². The molecule has 20 heavy (non-hydrogen) atoms. The number of carbonyl (C=O) groups excluding carboxylic acids is 2. The molecule has 1 heterocycles. The molecule has 0 radical (unpaired) electrons. The Hall–Kier alpha value is -2.02. The average Bonchev–Trinajstić information content (AvgIpc) is 2.91. The number of amides is 2. The first kappa shape index (κ1) is 14.4. The van der Waals surface area contributed by atoms with Crippen LogP contribution in [0.2, 0.25) is 0 Å². The largest absolute Gasteiger partial charge is 0.368 e. The van der Waals surface area contributed by atoms with Gasteiger partial charge in [-0.05, 0) is 31.2 Å². The molecule has 0 saturated carbocycles. The summed E-state index contributed by atoms with van der Waals surface area (Å²) in [4.78, 5) is 24.6. The van der Waals surface area contributed by atoms with E-state index in [1.807, 2.05) is 0 Å². The summed E-state index contributed by atoms with van der Waals surface area (Å²) < 4.78 is 26.8. The third-order valence-electron chi connectivity index (χ3n) is 3.22. The molecule has 0 aliphatic carbocycles. The second-order valence-corrected chi connectivity index (χ2v) is 4.67. The molecule has 1 aromatic carbocycles. The predicted molar refractivity (Wildman–Crippen MR) is 67.9 cm³/mol. The first-order chi connectivity index (χ1) is 9.49. The Labute approximate surface area is 114 Å². The number of hydrogen-bond donors (Lipinski definition) is 2. The van der Waals surface area contributed by atoms with Gasteiger partial charge in [-0.2, -0.15) is 0 Å². The summed E-state index contributed by atoms with van der Waals surface area (Å²) in [6.07, 6.45) is 0.635. The van der Waals surface area contributed by atoms with Gasteiger partial charge in [0.05, 0.1) is 12.1 Å². The second-order valence-electron chi connectivity index (χ2n) is 4.67. The van der Waals surface area contributed by atoms with Gasteiger partial charge in [0.1, 0.15) is 11.6 Å². The van der Waals surface area contributed by atoms with Gasteiger partial charge < -0.3 is 16.0 Å². The van der Waals surface area contributed by atoms with Crippen LogP contribution in [-0.2, 0) is 4.79 Å². The highest BCUT2D eigenvalue weighted by Crippen LogP contribution is 2.16. The fourth-order valence-electron chi connectivity index (χ4n) is 2.26. The van der Waals surface area contributed by atoms with Gasteiger partial charge in [-0.25, -0.2) is 8.78 Å². The molecule has 2 rings (SSSR count). The molecule has 1 aromatic rings. The molecule has 1 atom stereocenters. The van der Waals surface area contributed by atoms with Crippen LogP contribution in [0.15, 0.2) is 18.2 Å². The van der Waals surface area contributed by atoms with E-state index in [-0.39, 0.29) is 12.6 Å². The fourth-order valence-corrected chi connectivity index (χ4v) is 2.26. The maximum atomic E-state index is 13.7. The number of hydrogen-bond acceptors (Lipinski definition) is 3. The van der Waals surface area contributed by atoms with Crippen LogP contribution < -0.4 is 11.1 Å². The Morgan fingerprint density at radius 2 is 2.15 bits per heavy atom. The SMILES string of the molecule is NC(=O)CN(C(=O)c1cc(F)ccc1F)C1CCNC1. The van der Waals surface area contributed by atoms with Crippen LogP contribution in [-0.4, -0.2) is 42.4 Å². The van der Waals surface area contributed by atoms with E-state index >= 15 is 0 Å². The van der Waals surface area contributed by atoms with Crippen LogP contribution in [0.1, 0.15) is 16.8 Å². The number of halogens is 2. The first-order valence-electron chi connectivity index (χ1n) is 6.24. The van der Waals surface area contributed by atoms with Crippen molar-refractivity contribution in [3.63, 3.8) is 0 Å². The van der Waals surface area contributed by atoms with Gasteiger partial charge in [0.15, 0.2) is 0 Å². The molecule has 0 aromatic heterocycles. The topological polar surface area (TPSA) is 75.4 Å². The maximum absolute atomic E-state index is 13.7. The van der Waals surface area contributed by atoms with Crippen LogP contribution in [0.5, 0.6) is 0 Å². The number of rotatable bonds is 4. The van der Waals surface area contributed by atoms with Gasteiger partial charge in [-0.1, -0.05) is 0 Å². The van der Waals surface area contributed by atoms with Gasteiger partial charge in [0.25, 0.3) is 5.91 Å². The Kier molecular flexibility index (Phi) is 4.29. The Bertz CT molecular complexity index is 530. The summed E-state index contributed by atoms with van der Waals surface area (Å²) >= 11 is 0. The zero-order valence-electron chi connectivity index (χ0n) is 10.7. The van der Waals surface area contributed by atoms with E-state index in [1.54, 1.807) is 0 Å². The maximum Gasteiger partial charge on any atom is 0.257 e. The number of nitrogens with two attached hydrogens (primary N) is 1. The zero-order chi connectivity index (χ0) is 14.7. The van der Waals surface area contributed by atoms with Gasteiger partial charge in [0.2, 0.25) is 5.91 Å². The van der Waals surface area contributed by atoms with Crippen LogP contribution >= 0.6 is 0 Å². The highest BCUT2D eigenvalue weighted by atomic mass is 19.1. The van der Waals surface area contributed by atoms with Crippen molar-refractivity contribution in [1.29, 1.82) is 0 Å². The minimum absolute atomic E-state index is 0.252. The smallest absolute Gasteiger partial charge is 0.257 e. The van der Waals surface area contributed by atoms with Crippen LogP contribution in [0.3, 0.4) is 0 Å². The molecule has 2 amide bonds. The fraction of sp³-hybridized carbons (Fsp3) is 0.385. The zero-order valence-corrected chi connectivity index (χ0v) is 10.7. The molecule has 5 nitrogen and oxygen atoms in total. The molecular weight excluding hydrogens is 268 g/mol. The lowest BCUT2D eigenvalue weighted by atomic mass is 10.1. The van der Waals surface area contributed by atoms with E-state index < -0.39 is 29.0 Å². The standard InChI is InChI=1S/C13H15F2N3O2/c14-8-1-2-11(15)10(5-8)13(20)18(7-12(16)19)9-3-4-17-6-9/h1-2,5,9,17H,3-4,6-7H2,(H2,16,19). The van der Waals surface area contributed by atoms with Crippen molar-refractivity contribution in [2.75, 3.05) is 19.6 Å². The molecular formula is C13H15F2N3O2. The van der Waals surface area contributed by atoms with Crippen LogP contribution in [0.25, 0.3) is 0 Å². The molecule has 1 aliphatic rings. The lowest BCUT2D eigenvalue weighted by molar-refractivity contribution is -0.119. The van der Waals surface area contributed by atoms with Crippen molar-refractivity contribution in [2.45, 2.75) is 12.5 Å². The normalized spacial score (nSPS) is 18.0. The first-order valence-corrected chi connectivity index (χ1v) is 6.24. The van der Waals surface area contributed by atoms with Gasteiger partial charge in [-0.15, -0.1) is 0 Å². The van der Waals surface area contributed by atoms with Crippen molar-refractivity contribution in [3.8, 4) is 0 Å². The summed E-state index contributed by atoms with van der Waals surface area (Å²) in [5.41, 5.74) is 4.73. The van der Waals surface area contributed by atoms with Crippen LogP contribution in [0, 0.1) is 11.6 Å². The van der Waals surface area contributed by atoms with E-state index in [1.165, 1.54) is 4.90 Å². The molecule has 108 valence electrons. The van der Waals surface area contributed by atoms with Crippen molar-refractivity contribution in [2.24, 2.45) is 5.73 Å². The number of primary amides is 1. The minimum Gasteiger partial charge on any atom is -0.368 e. The minimum atomic E-state index is -0.822. The van der Waals surface area contributed by atoms with Crippen molar-refractivity contribution >= 4 is 11.8 Å². The summed E-state index contributed by atoms with van der Waals surface area (Å²) in [6, 6.07) is 2.39. The number of benzene rings is 1. The van der Waals surface area contributed by atoms with Crippen molar-refractivity contribution in [1.82, 2.24) is 10.2 Å². The highest BCUT2D eigenvalue weighted by Gasteiger charge is 2.30. The molecule has 7 heteroatoms. The summed E-state index contributed by atoms with van der Waals surface area (Å²) in [7, 11) is 0.